The zero-order valence-corrected chi connectivity index (χ0v) is 12.9. The quantitative estimate of drug-likeness (QED) is 0.855. The number of aryl methyl sites for hydroxylation is 1. The lowest BCUT2D eigenvalue weighted by molar-refractivity contribution is -0.129. The number of hydrogen-bond donors (Lipinski definition) is 1. The molecule has 0 bridgehead atoms. The van der Waals surface area contributed by atoms with Crippen LogP contribution in [0.1, 0.15) is 12.2 Å². The van der Waals surface area contributed by atoms with Crippen molar-refractivity contribution in [2.24, 2.45) is 0 Å². The minimum Gasteiger partial charge on any atom is -0.461 e. The number of amides is 1. The Labute approximate surface area is 129 Å². The maximum Gasteiger partial charge on any atom is 0.222 e. The zero-order valence-electron chi connectivity index (χ0n) is 12.9. The fourth-order valence-electron chi connectivity index (χ4n) is 2.14. The Morgan fingerprint density at radius 3 is 2.77 bits per heavy atom. The number of benzene rings is 1. The first kappa shape index (κ1) is 16.2. The van der Waals surface area contributed by atoms with Crippen LogP contribution in [0.4, 0.5) is 4.39 Å². The predicted molar refractivity (Wildman–Crippen MR) is 84.0 cm³/mol. The molecule has 1 amide bonds. The van der Waals surface area contributed by atoms with Gasteiger partial charge in [-0.1, -0.05) is 12.1 Å². The Morgan fingerprint density at radius 1 is 1.27 bits per heavy atom. The van der Waals surface area contributed by atoms with E-state index in [4.69, 9.17) is 4.42 Å². The van der Waals surface area contributed by atoms with Gasteiger partial charge in [0.25, 0.3) is 0 Å². The van der Waals surface area contributed by atoms with Crippen molar-refractivity contribution in [3.05, 3.63) is 48.0 Å². The summed E-state index contributed by atoms with van der Waals surface area (Å²) in [5, 5.41) is 3.01. The largest absolute Gasteiger partial charge is 0.461 e. The van der Waals surface area contributed by atoms with E-state index in [1.54, 1.807) is 42.3 Å². The molecule has 0 fully saturated rings. The van der Waals surface area contributed by atoms with Gasteiger partial charge in [-0.05, 0) is 31.3 Å². The second-order valence-corrected chi connectivity index (χ2v) is 5.16. The topological polar surface area (TPSA) is 45.5 Å². The molecule has 0 saturated carbocycles. The monoisotopic (exact) mass is 304 g/mol. The highest BCUT2D eigenvalue weighted by molar-refractivity contribution is 5.76. The van der Waals surface area contributed by atoms with Crippen LogP contribution in [0.5, 0.6) is 0 Å². The summed E-state index contributed by atoms with van der Waals surface area (Å²) in [5.41, 5.74) is 0.436. The van der Waals surface area contributed by atoms with Crippen LogP contribution in [-0.4, -0.2) is 38.0 Å². The summed E-state index contributed by atoms with van der Waals surface area (Å²) in [6.07, 6.45) is 0.890. The van der Waals surface area contributed by atoms with Gasteiger partial charge in [0.15, 0.2) is 0 Å². The molecule has 0 spiro atoms. The summed E-state index contributed by atoms with van der Waals surface area (Å²) in [7, 11) is 3.64. The molecule has 0 atom stereocenters. The lowest BCUT2D eigenvalue weighted by Gasteiger charge is -2.16. The molecule has 0 saturated heterocycles. The minimum atomic E-state index is -0.314. The van der Waals surface area contributed by atoms with Gasteiger partial charge in [-0.3, -0.25) is 4.79 Å². The number of rotatable bonds is 7. The van der Waals surface area contributed by atoms with Crippen LogP contribution in [0.25, 0.3) is 11.3 Å². The Balaban J connectivity index is 1.93. The molecule has 5 heteroatoms. The van der Waals surface area contributed by atoms with Crippen molar-refractivity contribution in [3.8, 4) is 11.3 Å². The molecule has 2 aromatic rings. The summed E-state index contributed by atoms with van der Waals surface area (Å²) in [5.74, 6) is 0.933. The van der Waals surface area contributed by atoms with Crippen LogP contribution < -0.4 is 5.32 Å². The van der Waals surface area contributed by atoms with E-state index >= 15 is 0 Å². The van der Waals surface area contributed by atoms with E-state index in [-0.39, 0.29) is 11.7 Å². The molecule has 0 aliphatic carbocycles. The molecular weight excluding hydrogens is 283 g/mol. The van der Waals surface area contributed by atoms with Gasteiger partial charge in [0.2, 0.25) is 5.91 Å². The SMILES string of the molecule is CNCCN(C)C(=O)CCc1ccc(-c2ccccc2F)o1. The first-order chi connectivity index (χ1) is 10.6. The zero-order chi connectivity index (χ0) is 15.9. The number of hydrogen-bond acceptors (Lipinski definition) is 3. The molecule has 0 unspecified atom stereocenters. The van der Waals surface area contributed by atoms with Gasteiger partial charge in [0, 0.05) is 33.0 Å². The Morgan fingerprint density at radius 2 is 2.05 bits per heavy atom. The standard InChI is InChI=1S/C17H21FN2O2/c1-19-11-12-20(2)17(21)10-8-13-7-9-16(22-13)14-5-3-4-6-15(14)18/h3-7,9,19H,8,10-12H2,1-2H3. The molecular formula is C17H21FN2O2. The highest BCUT2D eigenvalue weighted by atomic mass is 19.1. The van der Waals surface area contributed by atoms with E-state index in [9.17, 15) is 9.18 Å². The summed E-state index contributed by atoms with van der Waals surface area (Å²) in [6, 6.07) is 10.0. The molecule has 0 aliphatic heterocycles. The Bertz CT molecular complexity index is 625. The van der Waals surface area contributed by atoms with E-state index in [1.165, 1.54) is 6.07 Å². The lowest BCUT2D eigenvalue weighted by Crippen LogP contribution is -2.32. The van der Waals surface area contributed by atoms with E-state index in [0.29, 0.717) is 36.5 Å². The Kier molecular flexibility index (Phi) is 5.72. The van der Waals surface area contributed by atoms with Gasteiger partial charge in [-0.2, -0.15) is 0 Å². The second-order valence-electron chi connectivity index (χ2n) is 5.16. The van der Waals surface area contributed by atoms with E-state index < -0.39 is 0 Å². The number of carbonyl (C=O) groups excluding carboxylic acids is 1. The maximum atomic E-state index is 13.7. The normalized spacial score (nSPS) is 10.7. The third kappa shape index (κ3) is 4.18. The number of halogens is 1. The average Bonchev–Trinajstić information content (AvgIpc) is 2.99. The molecule has 1 heterocycles. The van der Waals surface area contributed by atoms with Crippen molar-refractivity contribution in [2.75, 3.05) is 27.2 Å². The van der Waals surface area contributed by atoms with E-state index in [1.807, 2.05) is 7.05 Å². The molecule has 118 valence electrons. The van der Waals surface area contributed by atoms with Gasteiger partial charge in [0.1, 0.15) is 17.3 Å². The second kappa shape index (κ2) is 7.75. The van der Waals surface area contributed by atoms with Crippen LogP contribution in [-0.2, 0) is 11.2 Å². The third-order valence-corrected chi connectivity index (χ3v) is 3.51. The van der Waals surface area contributed by atoms with Gasteiger partial charge in [-0.25, -0.2) is 4.39 Å². The molecule has 0 radical (unpaired) electrons. The van der Waals surface area contributed by atoms with Crippen molar-refractivity contribution < 1.29 is 13.6 Å². The van der Waals surface area contributed by atoms with Crippen LogP contribution in [0.2, 0.25) is 0 Å². The van der Waals surface area contributed by atoms with Crippen LogP contribution in [0.3, 0.4) is 0 Å². The van der Waals surface area contributed by atoms with Gasteiger partial charge in [0.05, 0.1) is 5.56 Å². The third-order valence-electron chi connectivity index (χ3n) is 3.51. The summed E-state index contributed by atoms with van der Waals surface area (Å²) < 4.78 is 19.3. The predicted octanol–water partition coefficient (Wildman–Crippen LogP) is 2.70. The van der Waals surface area contributed by atoms with Crippen molar-refractivity contribution in [3.63, 3.8) is 0 Å². The van der Waals surface area contributed by atoms with Crippen molar-refractivity contribution in [1.29, 1.82) is 0 Å². The number of nitrogens with one attached hydrogen (secondary N) is 1. The molecule has 1 aromatic heterocycles. The first-order valence-electron chi connectivity index (χ1n) is 7.34. The molecule has 22 heavy (non-hydrogen) atoms. The molecule has 4 nitrogen and oxygen atoms in total. The van der Waals surface area contributed by atoms with Crippen LogP contribution in [0, 0.1) is 5.82 Å². The summed E-state index contributed by atoms with van der Waals surface area (Å²) in [6.45, 7) is 1.44. The first-order valence-corrected chi connectivity index (χ1v) is 7.34. The van der Waals surface area contributed by atoms with E-state index in [0.717, 1.165) is 6.54 Å². The highest BCUT2D eigenvalue weighted by Crippen LogP contribution is 2.25. The average molecular weight is 304 g/mol. The van der Waals surface area contributed by atoms with E-state index in [2.05, 4.69) is 5.32 Å². The fourth-order valence-corrected chi connectivity index (χ4v) is 2.14. The van der Waals surface area contributed by atoms with Gasteiger partial charge < -0.3 is 14.6 Å². The smallest absolute Gasteiger partial charge is 0.222 e. The minimum absolute atomic E-state index is 0.0686. The van der Waals surface area contributed by atoms with Gasteiger partial charge >= 0.3 is 0 Å². The van der Waals surface area contributed by atoms with Crippen molar-refractivity contribution >= 4 is 5.91 Å². The van der Waals surface area contributed by atoms with Crippen molar-refractivity contribution in [1.82, 2.24) is 10.2 Å². The van der Waals surface area contributed by atoms with Crippen LogP contribution in [0.15, 0.2) is 40.8 Å². The highest BCUT2D eigenvalue weighted by Gasteiger charge is 2.12. The van der Waals surface area contributed by atoms with Crippen LogP contribution >= 0.6 is 0 Å². The van der Waals surface area contributed by atoms with Gasteiger partial charge in [-0.15, -0.1) is 0 Å². The molecule has 1 aromatic carbocycles. The summed E-state index contributed by atoms with van der Waals surface area (Å²) >= 11 is 0. The number of carbonyl (C=O) groups is 1. The molecule has 2 rings (SSSR count). The fraction of sp³-hybridized carbons (Fsp3) is 0.353. The summed E-state index contributed by atoms with van der Waals surface area (Å²) in [4.78, 5) is 13.6. The number of nitrogens with zero attached hydrogens (tertiary/aromatic N) is 1. The number of likely N-dealkylation sites (N-methyl/N-ethyl adjacent to an activating group) is 2. The number of furan rings is 1. The lowest BCUT2D eigenvalue weighted by atomic mass is 10.1. The maximum absolute atomic E-state index is 13.7. The molecule has 0 aliphatic rings. The van der Waals surface area contributed by atoms with Crippen molar-refractivity contribution in [2.45, 2.75) is 12.8 Å². The Hall–Kier alpha value is -2.14. The molecule has 1 N–H and O–H groups in total.